The molecule has 0 heterocycles. The fraction of sp³-hybridized carbons (Fsp3) is 0.250. The molecule has 0 aliphatic rings. The zero-order valence-electron chi connectivity index (χ0n) is 5.00. The van der Waals surface area contributed by atoms with Crippen LogP contribution in [0.2, 0.25) is 0 Å². The van der Waals surface area contributed by atoms with Crippen molar-refractivity contribution in [1.82, 2.24) is 0 Å². The molecule has 0 aromatic carbocycles. The smallest absolute Gasteiger partial charge is 0.349 e. The van der Waals surface area contributed by atoms with Crippen molar-refractivity contribution in [3.05, 3.63) is 22.4 Å². The molecule has 0 aliphatic heterocycles. The fourth-order valence-corrected chi connectivity index (χ4v) is 0.496. The van der Waals surface area contributed by atoms with Crippen molar-refractivity contribution in [2.45, 2.75) is 3.92 Å². The molecule has 0 bridgehead atoms. The molecule has 0 rings (SSSR count). The van der Waals surface area contributed by atoms with Crippen LogP contribution < -0.4 is 5.73 Å². The maximum atomic E-state index is 9.92. The van der Waals surface area contributed by atoms with Crippen molar-refractivity contribution in [2.24, 2.45) is 5.73 Å². The van der Waals surface area contributed by atoms with E-state index >= 15 is 0 Å². The van der Waals surface area contributed by atoms with Gasteiger partial charge < -0.3 is 15.8 Å². The molecular formula is C4H6IN3O2. The molecule has 0 aromatic heterocycles. The lowest BCUT2D eigenvalue weighted by molar-refractivity contribution is -0.353. The van der Waals surface area contributed by atoms with Crippen LogP contribution in [0.3, 0.4) is 0 Å². The SMILES string of the molecule is C=C(N)C(I)C(=N)[N+](=O)[O-]. The first-order chi connectivity index (χ1) is 4.46. The Labute approximate surface area is 71.1 Å². The number of amidine groups is 1. The number of rotatable bonds is 2. The van der Waals surface area contributed by atoms with E-state index in [1.54, 1.807) is 22.6 Å². The third-order valence-corrected chi connectivity index (χ3v) is 2.15. The molecule has 0 saturated heterocycles. The Balaban J connectivity index is 4.22. The minimum Gasteiger partial charge on any atom is -0.401 e. The molecule has 5 nitrogen and oxygen atoms in total. The van der Waals surface area contributed by atoms with Gasteiger partial charge in [-0.15, -0.1) is 0 Å². The van der Waals surface area contributed by atoms with Gasteiger partial charge in [0, 0.05) is 5.70 Å². The Morgan fingerprint density at radius 2 is 2.30 bits per heavy atom. The lowest BCUT2D eigenvalue weighted by atomic mass is 10.3. The predicted molar refractivity (Wildman–Crippen MR) is 45.9 cm³/mol. The largest absolute Gasteiger partial charge is 0.401 e. The number of hydrogen-bond acceptors (Lipinski definition) is 4. The molecule has 1 atom stereocenters. The first-order valence-electron chi connectivity index (χ1n) is 2.28. The van der Waals surface area contributed by atoms with Gasteiger partial charge in [0.2, 0.25) is 0 Å². The number of hydrogen-bond donors (Lipinski definition) is 2. The Hall–Kier alpha value is -0.660. The summed E-state index contributed by atoms with van der Waals surface area (Å²) in [5, 5.41) is 16.8. The fourth-order valence-electron chi connectivity index (χ4n) is 0.268. The van der Waals surface area contributed by atoms with E-state index in [9.17, 15) is 10.1 Å². The molecule has 0 radical (unpaired) electrons. The third-order valence-electron chi connectivity index (χ3n) is 0.762. The van der Waals surface area contributed by atoms with Gasteiger partial charge in [0.05, 0.1) is 0 Å². The van der Waals surface area contributed by atoms with E-state index in [1.165, 1.54) is 0 Å². The summed E-state index contributed by atoms with van der Waals surface area (Å²) >= 11 is 1.68. The van der Waals surface area contributed by atoms with Crippen molar-refractivity contribution in [3.63, 3.8) is 0 Å². The molecule has 1 unspecified atom stereocenters. The van der Waals surface area contributed by atoms with Gasteiger partial charge in [0.1, 0.15) is 0 Å². The van der Waals surface area contributed by atoms with Gasteiger partial charge in [-0.2, -0.15) is 0 Å². The van der Waals surface area contributed by atoms with Crippen LogP contribution >= 0.6 is 22.6 Å². The summed E-state index contributed by atoms with van der Waals surface area (Å²) in [6.07, 6.45) is 0. The van der Waals surface area contributed by atoms with E-state index in [0.29, 0.717) is 0 Å². The molecule has 0 fully saturated rings. The van der Waals surface area contributed by atoms with Crippen molar-refractivity contribution >= 4 is 28.4 Å². The topological polar surface area (TPSA) is 93.0 Å². The minimum absolute atomic E-state index is 0.127. The van der Waals surface area contributed by atoms with E-state index < -0.39 is 14.7 Å². The van der Waals surface area contributed by atoms with E-state index in [1.807, 2.05) is 0 Å². The lowest BCUT2D eigenvalue weighted by Gasteiger charge is -2.03. The highest BCUT2D eigenvalue weighted by atomic mass is 127. The van der Waals surface area contributed by atoms with Crippen LogP contribution in [0.25, 0.3) is 0 Å². The number of nitrogens with zero attached hydrogens (tertiary/aromatic N) is 1. The van der Waals surface area contributed by atoms with Crippen molar-refractivity contribution in [3.8, 4) is 0 Å². The van der Waals surface area contributed by atoms with Gasteiger partial charge >= 0.3 is 5.84 Å². The summed E-state index contributed by atoms with van der Waals surface area (Å²) in [7, 11) is 0. The van der Waals surface area contributed by atoms with Crippen LogP contribution in [0.4, 0.5) is 0 Å². The van der Waals surface area contributed by atoms with Gasteiger partial charge in [-0.3, -0.25) is 0 Å². The predicted octanol–water partition coefficient (Wildman–Crippen LogP) is 0.516. The molecule has 10 heavy (non-hydrogen) atoms. The highest BCUT2D eigenvalue weighted by Gasteiger charge is 2.21. The summed E-state index contributed by atoms with van der Waals surface area (Å²) in [6.45, 7) is 3.28. The standard InChI is InChI=1S/C4H6IN3O2/c1-2(6)3(5)4(7)8(9)10/h3,7H,1,6H2. The summed E-state index contributed by atoms with van der Waals surface area (Å²) in [5.41, 5.74) is 5.25. The summed E-state index contributed by atoms with van der Waals surface area (Å²) in [5.74, 6) is -0.631. The average molecular weight is 255 g/mol. The van der Waals surface area contributed by atoms with Crippen LogP contribution in [-0.4, -0.2) is 14.7 Å². The lowest BCUT2D eigenvalue weighted by Crippen LogP contribution is -2.26. The summed E-state index contributed by atoms with van der Waals surface area (Å²) < 4.78 is -0.701. The highest BCUT2D eigenvalue weighted by Crippen LogP contribution is 2.07. The number of alkyl halides is 1. The quantitative estimate of drug-likeness (QED) is 0.188. The average Bonchev–Trinajstić information content (AvgIpc) is 1.84. The van der Waals surface area contributed by atoms with Gasteiger partial charge in [-0.05, 0) is 4.92 Å². The van der Waals surface area contributed by atoms with E-state index in [4.69, 9.17) is 11.1 Å². The second-order valence-corrected chi connectivity index (χ2v) is 2.83. The van der Waals surface area contributed by atoms with Crippen LogP contribution in [0, 0.1) is 15.5 Å². The highest BCUT2D eigenvalue weighted by molar-refractivity contribution is 14.1. The molecule has 0 aliphatic carbocycles. The van der Waals surface area contributed by atoms with E-state index in [-0.39, 0.29) is 5.70 Å². The second kappa shape index (κ2) is 3.49. The Morgan fingerprint density at radius 3 is 2.40 bits per heavy atom. The molecule has 56 valence electrons. The Kier molecular flexibility index (Phi) is 3.26. The molecule has 0 amide bonds. The van der Waals surface area contributed by atoms with Crippen molar-refractivity contribution in [1.29, 1.82) is 5.41 Å². The van der Waals surface area contributed by atoms with Crippen LogP contribution in [0.15, 0.2) is 12.3 Å². The first kappa shape index (κ1) is 9.34. The monoisotopic (exact) mass is 255 g/mol. The zero-order valence-corrected chi connectivity index (χ0v) is 7.16. The van der Waals surface area contributed by atoms with Crippen LogP contribution in [-0.2, 0) is 0 Å². The summed E-state index contributed by atoms with van der Waals surface area (Å²) in [4.78, 5) is 9.14. The molecule has 6 heteroatoms. The number of halogens is 1. The Bertz CT molecular complexity index is 191. The molecule has 0 aromatic rings. The molecule has 3 N–H and O–H groups in total. The normalized spacial score (nSPS) is 12.1. The summed E-state index contributed by atoms with van der Waals surface area (Å²) in [6, 6.07) is 0. The van der Waals surface area contributed by atoms with Crippen molar-refractivity contribution < 1.29 is 4.92 Å². The van der Waals surface area contributed by atoms with E-state index in [2.05, 4.69) is 6.58 Å². The second-order valence-electron chi connectivity index (χ2n) is 1.58. The number of nitro groups is 1. The van der Waals surface area contributed by atoms with Gasteiger partial charge in [-0.25, -0.2) is 0 Å². The van der Waals surface area contributed by atoms with Crippen LogP contribution in [0.5, 0.6) is 0 Å². The molecule has 0 spiro atoms. The number of nitrogens with one attached hydrogen (secondary N) is 1. The zero-order chi connectivity index (χ0) is 8.31. The van der Waals surface area contributed by atoms with Gasteiger partial charge in [0.15, 0.2) is 3.92 Å². The maximum Gasteiger partial charge on any atom is 0.349 e. The van der Waals surface area contributed by atoms with E-state index in [0.717, 1.165) is 0 Å². The third kappa shape index (κ3) is 2.29. The first-order valence-corrected chi connectivity index (χ1v) is 3.52. The molecule has 0 saturated carbocycles. The van der Waals surface area contributed by atoms with Crippen LogP contribution in [0.1, 0.15) is 0 Å². The minimum atomic E-state index is -0.783. The Morgan fingerprint density at radius 1 is 1.90 bits per heavy atom. The van der Waals surface area contributed by atoms with Gasteiger partial charge in [0.25, 0.3) is 0 Å². The van der Waals surface area contributed by atoms with Crippen molar-refractivity contribution in [2.75, 3.05) is 0 Å². The molecular weight excluding hydrogens is 249 g/mol. The maximum absolute atomic E-state index is 9.92. The van der Waals surface area contributed by atoms with Gasteiger partial charge in [-0.1, -0.05) is 34.6 Å². The number of nitrogens with two attached hydrogens (primary N) is 1.